The summed E-state index contributed by atoms with van der Waals surface area (Å²) >= 11 is 0. The van der Waals surface area contributed by atoms with Crippen LogP contribution in [0.1, 0.15) is 25.8 Å². The van der Waals surface area contributed by atoms with Crippen LogP contribution in [0.25, 0.3) is 0 Å². The smallest absolute Gasteiger partial charge is 0.309 e. The third-order valence-corrected chi connectivity index (χ3v) is 3.40. The molecule has 1 rings (SSSR count). The van der Waals surface area contributed by atoms with E-state index >= 15 is 0 Å². The van der Waals surface area contributed by atoms with Crippen LogP contribution in [0.15, 0.2) is 24.3 Å². The van der Waals surface area contributed by atoms with Crippen LogP contribution in [0.5, 0.6) is 0 Å². The van der Waals surface area contributed by atoms with Gasteiger partial charge in [-0.15, -0.1) is 0 Å². The number of amides is 1. The molecule has 5 nitrogen and oxygen atoms in total. The van der Waals surface area contributed by atoms with E-state index in [-0.39, 0.29) is 24.8 Å². The molecule has 0 saturated carbocycles. The molecule has 23 heavy (non-hydrogen) atoms. The summed E-state index contributed by atoms with van der Waals surface area (Å²) in [6.45, 7) is 3.90. The number of carbonyl (C=O) groups is 2. The molecule has 0 N–H and O–H groups in total. The molecule has 1 amide bonds. The van der Waals surface area contributed by atoms with Crippen molar-refractivity contribution >= 4 is 11.9 Å². The fourth-order valence-corrected chi connectivity index (χ4v) is 2.11. The second kappa shape index (κ2) is 9.57. The first-order chi connectivity index (χ1) is 11.0. The second-order valence-corrected chi connectivity index (χ2v) is 5.22. The lowest BCUT2D eigenvalue weighted by Crippen LogP contribution is -2.35. The summed E-state index contributed by atoms with van der Waals surface area (Å²) < 4.78 is 18.1. The normalized spacial score (nSPS) is 11.4. The summed E-state index contributed by atoms with van der Waals surface area (Å²) in [5.74, 6) is -1.65. The first-order valence-electron chi connectivity index (χ1n) is 7.53. The number of benzene rings is 1. The minimum absolute atomic E-state index is 0.240. The molecule has 0 spiro atoms. The number of nitriles is 1. The summed E-state index contributed by atoms with van der Waals surface area (Å²) in [6.07, 6.45) is 0.584. The highest BCUT2D eigenvalue weighted by Crippen LogP contribution is 2.11. The molecule has 1 aromatic carbocycles. The van der Waals surface area contributed by atoms with Crippen LogP contribution in [0.4, 0.5) is 4.39 Å². The average molecular weight is 320 g/mol. The Hall–Kier alpha value is -2.42. The number of likely N-dealkylation sites (N-methyl/N-ethyl adjacent to an activating group) is 1. The monoisotopic (exact) mass is 320 g/mol. The van der Waals surface area contributed by atoms with E-state index in [9.17, 15) is 14.0 Å². The van der Waals surface area contributed by atoms with Crippen molar-refractivity contribution in [2.45, 2.75) is 26.7 Å². The first-order valence-corrected chi connectivity index (χ1v) is 7.53. The number of ether oxygens (including phenoxy) is 1. The highest BCUT2D eigenvalue weighted by Gasteiger charge is 2.19. The first kappa shape index (κ1) is 18.6. The molecule has 1 unspecified atom stereocenters. The van der Waals surface area contributed by atoms with Gasteiger partial charge in [-0.3, -0.25) is 9.59 Å². The summed E-state index contributed by atoms with van der Waals surface area (Å²) in [5, 5.41) is 8.54. The SMILES string of the molecule is CCN(CCC#N)C(=O)COC(=O)C(C)Cc1cccc(F)c1. The van der Waals surface area contributed by atoms with Crippen LogP contribution in [-0.4, -0.2) is 36.5 Å². The number of hydrogen-bond donors (Lipinski definition) is 0. The lowest BCUT2D eigenvalue weighted by molar-refractivity contribution is -0.155. The maximum atomic E-state index is 13.1. The zero-order valence-corrected chi connectivity index (χ0v) is 13.4. The van der Waals surface area contributed by atoms with Gasteiger partial charge in [0.05, 0.1) is 18.4 Å². The molecule has 1 aromatic rings. The van der Waals surface area contributed by atoms with Crippen LogP contribution >= 0.6 is 0 Å². The van der Waals surface area contributed by atoms with Crippen molar-refractivity contribution in [1.29, 1.82) is 5.26 Å². The van der Waals surface area contributed by atoms with Crippen molar-refractivity contribution in [2.24, 2.45) is 5.92 Å². The van der Waals surface area contributed by atoms with E-state index in [1.807, 2.05) is 6.07 Å². The van der Waals surface area contributed by atoms with Crippen molar-refractivity contribution in [1.82, 2.24) is 4.90 Å². The van der Waals surface area contributed by atoms with Gasteiger partial charge in [0, 0.05) is 13.1 Å². The number of halogens is 1. The Morgan fingerprint density at radius 3 is 2.78 bits per heavy atom. The molecule has 0 radical (unpaired) electrons. The standard InChI is InChI=1S/C17H21FN2O3/c1-3-20(9-5-8-19)16(21)12-23-17(22)13(2)10-14-6-4-7-15(18)11-14/h4,6-7,11,13H,3,5,9-10,12H2,1-2H3. The number of rotatable bonds is 8. The van der Waals surface area contributed by atoms with Crippen LogP contribution in [0, 0.1) is 23.1 Å². The Balaban J connectivity index is 2.46. The molecule has 0 aliphatic carbocycles. The van der Waals surface area contributed by atoms with Crippen LogP contribution in [0.3, 0.4) is 0 Å². The Bertz CT molecular complexity index is 583. The molecule has 6 heteroatoms. The molecule has 0 saturated heterocycles. The maximum Gasteiger partial charge on any atom is 0.309 e. The van der Waals surface area contributed by atoms with E-state index in [0.717, 1.165) is 0 Å². The van der Waals surface area contributed by atoms with E-state index in [2.05, 4.69) is 0 Å². The lowest BCUT2D eigenvalue weighted by Gasteiger charge is -2.20. The molecular weight excluding hydrogens is 299 g/mol. The number of nitrogens with zero attached hydrogens (tertiary/aromatic N) is 2. The van der Waals surface area contributed by atoms with Crippen LogP contribution in [0.2, 0.25) is 0 Å². The molecule has 0 bridgehead atoms. The summed E-state index contributed by atoms with van der Waals surface area (Å²) in [7, 11) is 0. The fraction of sp³-hybridized carbons (Fsp3) is 0.471. The predicted octanol–water partition coefficient (Wildman–Crippen LogP) is 2.31. The van der Waals surface area contributed by atoms with Gasteiger partial charge >= 0.3 is 5.97 Å². The van der Waals surface area contributed by atoms with E-state index in [4.69, 9.17) is 10.00 Å². The molecule has 0 heterocycles. The minimum Gasteiger partial charge on any atom is -0.455 e. The van der Waals surface area contributed by atoms with Crippen LogP contribution in [-0.2, 0) is 20.7 Å². The van der Waals surface area contributed by atoms with Crippen molar-refractivity contribution in [2.75, 3.05) is 19.7 Å². The summed E-state index contributed by atoms with van der Waals surface area (Å²) in [4.78, 5) is 25.3. The molecule has 1 atom stereocenters. The number of hydrogen-bond acceptors (Lipinski definition) is 4. The van der Waals surface area contributed by atoms with E-state index in [0.29, 0.717) is 25.1 Å². The maximum absolute atomic E-state index is 13.1. The third kappa shape index (κ3) is 6.47. The highest BCUT2D eigenvalue weighted by atomic mass is 19.1. The molecule has 0 aromatic heterocycles. The summed E-state index contributed by atoms with van der Waals surface area (Å²) in [6, 6.07) is 8.00. The van der Waals surface area contributed by atoms with Crippen molar-refractivity contribution in [3.8, 4) is 6.07 Å². The molecule has 0 fully saturated rings. The van der Waals surface area contributed by atoms with Crippen molar-refractivity contribution in [3.63, 3.8) is 0 Å². The largest absolute Gasteiger partial charge is 0.455 e. The Morgan fingerprint density at radius 2 is 2.17 bits per heavy atom. The van der Waals surface area contributed by atoms with Gasteiger partial charge in [0.1, 0.15) is 5.82 Å². The Kier molecular flexibility index (Phi) is 7.75. The Labute approximate surface area is 135 Å². The second-order valence-electron chi connectivity index (χ2n) is 5.22. The van der Waals surface area contributed by atoms with Gasteiger partial charge in [-0.2, -0.15) is 5.26 Å². The quantitative estimate of drug-likeness (QED) is 0.689. The van der Waals surface area contributed by atoms with Gasteiger partial charge < -0.3 is 9.64 Å². The number of carbonyl (C=O) groups excluding carboxylic acids is 2. The predicted molar refractivity (Wildman–Crippen MR) is 82.7 cm³/mol. The minimum atomic E-state index is -0.501. The van der Waals surface area contributed by atoms with Crippen LogP contribution < -0.4 is 0 Å². The molecule has 0 aliphatic heterocycles. The topological polar surface area (TPSA) is 70.4 Å². The highest BCUT2D eigenvalue weighted by molar-refractivity contribution is 5.81. The fourth-order valence-electron chi connectivity index (χ4n) is 2.11. The third-order valence-electron chi connectivity index (χ3n) is 3.40. The number of esters is 1. The van der Waals surface area contributed by atoms with E-state index in [1.54, 1.807) is 26.0 Å². The zero-order chi connectivity index (χ0) is 17.2. The average Bonchev–Trinajstić information content (AvgIpc) is 2.53. The lowest BCUT2D eigenvalue weighted by atomic mass is 10.0. The van der Waals surface area contributed by atoms with Gasteiger partial charge in [0.2, 0.25) is 0 Å². The zero-order valence-electron chi connectivity index (χ0n) is 13.4. The van der Waals surface area contributed by atoms with Crippen molar-refractivity contribution < 1.29 is 18.7 Å². The van der Waals surface area contributed by atoms with Gasteiger partial charge in [-0.05, 0) is 31.0 Å². The van der Waals surface area contributed by atoms with E-state index in [1.165, 1.54) is 17.0 Å². The van der Waals surface area contributed by atoms with Gasteiger partial charge in [-0.25, -0.2) is 4.39 Å². The van der Waals surface area contributed by atoms with Gasteiger partial charge in [-0.1, -0.05) is 19.1 Å². The van der Waals surface area contributed by atoms with Crippen molar-refractivity contribution in [3.05, 3.63) is 35.6 Å². The van der Waals surface area contributed by atoms with Gasteiger partial charge in [0.25, 0.3) is 5.91 Å². The van der Waals surface area contributed by atoms with Gasteiger partial charge in [0.15, 0.2) is 6.61 Å². The Morgan fingerprint density at radius 1 is 1.43 bits per heavy atom. The molecular formula is C17H21FN2O3. The molecule has 0 aliphatic rings. The summed E-state index contributed by atoms with van der Waals surface area (Å²) in [5.41, 5.74) is 0.699. The van der Waals surface area contributed by atoms with E-state index < -0.39 is 11.9 Å². The molecule has 124 valence electrons.